The number of aromatic nitrogens is 2. The SMILES string of the molecule is Cc1c2cc(N)ccc2nn1CCC(C)(C)O. The molecule has 0 saturated carbocycles. The maximum Gasteiger partial charge on any atom is 0.0927 e. The van der Waals surface area contributed by atoms with Crippen molar-refractivity contribution in [2.75, 3.05) is 5.73 Å². The second-order valence-corrected chi connectivity index (χ2v) is 5.15. The molecule has 2 aromatic rings. The number of rotatable bonds is 3. The highest BCUT2D eigenvalue weighted by Gasteiger charge is 2.14. The van der Waals surface area contributed by atoms with Gasteiger partial charge in [-0.3, -0.25) is 4.68 Å². The van der Waals surface area contributed by atoms with Crippen LogP contribution in [0.3, 0.4) is 0 Å². The second-order valence-electron chi connectivity index (χ2n) is 5.15. The van der Waals surface area contributed by atoms with Crippen LogP contribution in [0, 0.1) is 6.92 Å². The van der Waals surface area contributed by atoms with Crippen LogP contribution in [-0.4, -0.2) is 20.5 Å². The standard InChI is InChI=1S/C13H19N3O/c1-9-11-8-10(14)4-5-12(11)15-16(9)7-6-13(2,3)17/h4-5,8,17H,6-7,14H2,1-3H3. The minimum absolute atomic E-state index is 0.663. The van der Waals surface area contributed by atoms with E-state index in [1.165, 1.54) is 0 Å². The number of nitrogens with two attached hydrogens (primary N) is 1. The average molecular weight is 233 g/mol. The van der Waals surface area contributed by atoms with Crippen LogP contribution in [0.15, 0.2) is 18.2 Å². The first kappa shape index (κ1) is 11.9. The quantitative estimate of drug-likeness (QED) is 0.798. The summed E-state index contributed by atoms with van der Waals surface area (Å²) in [7, 11) is 0. The Labute approximate surface area is 101 Å². The topological polar surface area (TPSA) is 64.1 Å². The van der Waals surface area contributed by atoms with E-state index < -0.39 is 5.60 Å². The van der Waals surface area contributed by atoms with Crippen LogP contribution < -0.4 is 5.73 Å². The second kappa shape index (κ2) is 4.04. The smallest absolute Gasteiger partial charge is 0.0927 e. The molecule has 0 radical (unpaired) electrons. The molecule has 0 aliphatic rings. The van der Waals surface area contributed by atoms with Gasteiger partial charge in [0.1, 0.15) is 0 Å². The lowest BCUT2D eigenvalue weighted by molar-refractivity contribution is 0.0650. The number of anilines is 1. The van der Waals surface area contributed by atoms with Crippen molar-refractivity contribution in [1.82, 2.24) is 9.78 Å². The maximum absolute atomic E-state index is 9.73. The highest BCUT2D eigenvalue weighted by atomic mass is 16.3. The van der Waals surface area contributed by atoms with Gasteiger partial charge in [-0.05, 0) is 45.4 Å². The number of hydrogen-bond acceptors (Lipinski definition) is 3. The first-order valence-electron chi connectivity index (χ1n) is 5.82. The monoisotopic (exact) mass is 233 g/mol. The summed E-state index contributed by atoms with van der Waals surface area (Å²) in [6.07, 6.45) is 0.678. The molecular formula is C13H19N3O. The Morgan fingerprint density at radius 2 is 2.12 bits per heavy atom. The molecule has 0 aliphatic carbocycles. The van der Waals surface area contributed by atoms with E-state index in [9.17, 15) is 5.11 Å². The molecule has 4 heteroatoms. The minimum Gasteiger partial charge on any atom is -0.399 e. The van der Waals surface area contributed by atoms with Crippen LogP contribution in [0.2, 0.25) is 0 Å². The predicted octanol–water partition coefficient (Wildman–Crippen LogP) is 2.09. The van der Waals surface area contributed by atoms with Gasteiger partial charge in [0.05, 0.1) is 11.1 Å². The molecular weight excluding hydrogens is 214 g/mol. The fraction of sp³-hybridized carbons (Fsp3) is 0.462. The first-order valence-corrected chi connectivity index (χ1v) is 5.82. The van der Waals surface area contributed by atoms with E-state index in [0.717, 1.165) is 22.3 Å². The average Bonchev–Trinajstić information content (AvgIpc) is 2.52. The lowest BCUT2D eigenvalue weighted by atomic mass is 10.1. The van der Waals surface area contributed by atoms with Crippen molar-refractivity contribution < 1.29 is 5.11 Å². The number of nitrogens with zero attached hydrogens (tertiary/aromatic N) is 2. The van der Waals surface area contributed by atoms with E-state index in [4.69, 9.17) is 5.73 Å². The summed E-state index contributed by atoms with van der Waals surface area (Å²) in [5.41, 5.74) is 7.90. The molecule has 17 heavy (non-hydrogen) atoms. The van der Waals surface area contributed by atoms with Crippen LogP contribution in [0.1, 0.15) is 26.0 Å². The molecule has 4 nitrogen and oxygen atoms in total. The zero-order valence-electron chi connectivity index (χ0n) is 10.6. The van der Waals surface area contributed by atoms with Gasteiger partial charge in [-0.15, -0.1) is 0 Å². The Morgan fingerprint density at radius 1 is 1.41 bits per heavy atom. The van der Waals surface area contributed by atoms with Gasteiger partial charge in [-0.25, -0.2) is 0 Å². The molecule has 0 bridgehead atoms. The van der Waals surface area contributed by atoms with Crippen molar-refractivity contribution in [2.24, 2.45) is 0 Å². The Balaban J connectivity index is 2.33. The van der Waals surface area contributed by atoms with Crippen molar-refractivity contribution in [3.8, 4) is 0 Å². The number of fused-ring (bicyclic) bond motifs is 1. The van der Waals surface area contributed by atoms with E-state index in [1.807, 2.05) is 43.7 Å². The Morgan fingerprint density at radius 3 is 2.76 bits per heavy atom. The van der Waals surface area contributed by atoms with E-state index in [-0.39, 0.29) is 0 Å². The summed E-state index contributed by atoms with van der Waals surface area (Å²) < 4.78 is 1.93. The molecule has 2 rings (SSSR count). The normalized spacial score (nSPS) is 12.2. The number of aliphatic hydroxyl groups is 1. The number of nitrogen functional groups attached to an aromatic ring is 1. The summed E-state index contributed by atoms with van der Waals surface area (Å²) in [5.74, 6) is 0. The van der Waals surface area contributed by atoms with Crippen molar-refractivity contribution in [3.05, 3.63) is 23.9 Å². The molecule has 1 aromatic carbocycles. The number of hydrogen-bond donors (Lipinski definition) is 2. The Bertz CT molecular complexity index is 537. The lowest BCUT2D eigenvalue weighted by Crippen LogP contribution is -2.21. The zero-order valence-corrected chi connectivity index (χ0v) is 10.6. The summed E-state index contributed by atoms with van der Waals surface area (Å²) in [6, 6.07) is 5.73. The van der Waals surface area contributed by atoms with Gasteiger partial charge in [0, 0.05) is 23.3 Å². The van der Waals surface area contributed by atoms with Crippen molar-refractivity contribution >= 4 is 16.6 Å². The summed E-state index contributed by atoms with van der Waals surface area (Å²) in [4.78, 5) is 0. The number of benzene rings is 1. The Kier molecular flexibility index (Phi) is 2.83. The summed E-state index contributed by atoms with van der Waals surface area (Å²) >= 11 is 0. The maximum atomic E-state index is 9.73. The summed E-state index contributed by atoms with van der Waals surface area (Å²) in [5, 5.41) is 15.3. The molecule has 0 unspecified atom stereocenters. The van der Waals surface area contributed by atoms with Gasteiger partial charge in [0.2, 0.25) is 0 Å². The molecule has 1 heterocycles. The van der Waals surface area contributed by atoms with E-state index in [1.54, 1.807) is 0 Å². The lowest BCUT2D eigenvalue weighted by Gasteiger charge is -2.17. The molecule has 0 aliphatic heterocycles. The molecule has 3 N–H and O–H groups in total. The fourth-order valence-electron chi connectivity index (χ4n) is 1.87. The highest BCUT2D eigenvalue weighted by Crippen LogP contribution is 2.21. The summed E-state index contributed by atoms with van der Waals surface area (Å²) in [6.45, 7) is 6.36. The van der Waals surface area contributed by atoms with E-state index in [0.29, 0.717) is 13.0 Å². The molecule has 1 aromatic heterocycles. The molecule has 0 atom stereocenters. The molecule has 0 amide bonds. The van der Waals surface area contributed by atoms with Crippen molar-refractivity contribution in [3.63, 3.8) is 0 Å². The van der Waals surface area contributed by atoms with Gasteiger partial charge in [-0.2, -0.15) is 5.10 Å². The molecule has 0 saturated heterocycles. The van der Waals surface area contributed by atoms with Crippen LogP contribution in [0.4, 0.5) is 5.69 Å². The zero-order chi connectivity index (χ0) is 12.6. The first-order chi connectivity index (χ1) is 7.87. The minimum atomic E-state index is -0.663. The van der Waals surface area contributed by atoms with Gasteiger partial charge in [0.25, 0.3) is 0 Å². The molecule has 0 spiro atoms. The van der Waals surface area contributed by atoms with Crippen LogP contribution in [0.25, 0.3) is 10.9 Å². The largest absolute Gasteiger partial charge is 0.399 e. The molecule has 0 fully saturated rings. The van der Waals surface area contributed by atoms with Gasteiger partial charge < -0.3 is 10.8 Å². The van der Waals surface area contributed by atoms with Crippen LogP contribution >= 0.6 is 0 Å². The third-order valence-corrected chi connectivity index (χ3v) is 2.96. The van der Waals surface area contributed by atoms with Gasteiger partial charge in [-0.1, -0.05) is 0 Å². The van der Waals surface area contributed by atoms with Crippen LogP contribution in [-0.2, 0) is 6.54 Å². The van der Waals surface area contributed by atoms with Crippen LogP contribution in [0.5, 0.6) is 0 Å². The fourth-order valence-corrected chi connectivity index (χ4v) is 1.87. The molecule has 92 valence electrons. The van der Waals surface area contributed by atoms with Crippen molar-refractivity contribution in [2.45, 2.75) is 39.3 Å². The van der Waals surface area contributed by atoms with Gasteiger partial charge >= 0.3 is 0 Å². The van der Waals surface area contributed by atoms with Gasteiger partial charge in [0.15, 0.2) is 0 Å². The Hall–Kier alpha value is -1.55. The third kappa shape index (κ3) is 2.58. The van der Waals surface area contributed by atoms with Crippen molar-refractivity contribution in [1.29, 1.82) is 0 Å². The van der Waals surface area contributed by atoms with E-state index in [2.05, 4.69) is 5.10 Å². The third-order valence-electron chi connectivity index (χ3n) is 2.96. The highest BCUT2D eigenvalue weighted by molar-refractivity contribution is 5.84. The predicted molar refractivity (Wildman–Crippen MR) is 69.8 cm³/mol. The van der Waals surface area contributed by atoms with E-state index >= 15 is 0 Å². The number of aryl methyl sites for hydroxylation is 2.